The van der Waals surface area contributed by atoms with Crippen LogP contribution in [0.2, 0.25) is 0 Å². The Bertz CT molecular complexity index is 554. The third kappa shape index (κ3) is 2.95. The van der Waals surface area contributed by atoms with Crippen LogP contribution in [0.5, 0.6) is 0 Å². The molecule has 1 saturated heterocycles. The van der Waals surface area contributed by atoms with Gasteiger partial charge in [0, 0.05) is 18.8 Å². The maximum absolute atomic E-state index is 12.7. The minimum atomic E-state index is -0.427. The molecule has 1 fully saturated rings. The van der Waals surface area contributed by atoms with Gasteiger partial charge in [-0.2, -0.15) is 0 Å². The smallest absolute Gasteiger partial charge is 0.339 e. The zero-order chi connectivity index (χ0) is 15.7. The van der Waals surface area contributed by atoms with E-state index in [1.54, 1.807) is 18.7 Å². The Labute approximate surface area is 124 Å². The molecule has 116 valence electrons. The van der Waals surface area contributed by atoms with Crippen LogP contribution >= 0.6 is 0 Å². The van der Waals surface area contributed by atoms with Gasteiger partial charge < -0.3 is 19.4 Å². The summed E-state index contributed by atoms with van der Waals surface area (Å²) in [5, 5.41) is 0. The molecule has 6 nitrogen and oxygen atoms in total. The lowest BCUT2D eigenvalue weighted by Crippen LogP contribution is -2.48. The van der Waals surface area contributed by atoms with Gasteiger partial charge in [-0.15, -0.1) is 0 Å². The molecule has 2 rings (SSSR count). The first kappa shape index (κ1) is 15.6. The number of aromatic nitrogens is 1. The zero-order valence-corrected chi connectivity index (χ0v) is 13.1. The van der Waals surface area contributed by atoms with Crippen LogP contribution in [0.3, 0.4) is 0 Å². The average molecular weight is 294 g/mol. The molecule has 0 bridgehead atoms. The molecule has 0 aliphatic carbocycles. The molecule has 1 amide bonds. The molecule has 1 aromatic heterocycles. The standard InChI is InChI=1S/C15H22N2O4/c1-8-6-17(7-9(2)21-8)14(18)13-10(3)12(11(4)16-13)15(19)20-5/h8-9,16H,6-7H2,1-5H3. The van der Waals surface area contributed by atoms with Gasteiger partial charge in [0.05, 0.1) is 24.9 Å². The van der Waals surface area contributed by atoms with Gasteiger partial charge in [-0.25, -0.2) is 4.79 Å². The number of esters is 1. The van der Waals surface area contributed by atoms with Crippen molar-refractivity contribution >= 4 is 11.9 Å². The van der Waals surface area contributed by atoms with Gasteiger partial charge in [-0.1, -0.05) is 0 Å². The average Bonchev–Trinajstić information content (AvgIpc) is 2.71. The molecule has 1 aliphatic rings. The summed E-state index contributed by atoms with van der Waals surface area (Å²) in [6.07, 6.45) is 0.0169. The minimum absolute atomic E-state index is 0.00847. The Morgan fingerprint density at radius 1 is 1.24 bits per heavy atom. The summed E-state index contributed by atoms with van der Waals surface area (Å²) in [4.78, 5) is 29.2. The number of rotatable bonds is 2. The number of morpholine rings is 1. The van der Waals surface area contributed by atoms with Crippen molar-refractivity contribution in [2.24, 2.45) is 0 Å². The highest BCUT2D eigenvalue weighted by Crippen LogP contribution is 2.22. The summed E-state index contributed by atoms with van der Waals surface area (Å²) in [5.74, 6) is -0.531. The largest absolute Gasteiger partial charge is 0.465 e. The Morgan fingerprint density at radius 2 is 1.81 bits per heavy atom. The molecule has 1 aliphatic heterocycles. The van der Waals surface area contributed by atoms with Crippen molar-refractivity contribution in [2.45, 2.75) is 39.9 Å². The van der Waals surface area contributed by atoms with Gasteiger partial charge in [0.2, 0.25) is 0 Å². The number of aryl methyl sites for hydroxylation is 1. The van der Waals surface area contributed by atoms with E-state index in [9.17, 15) is 9.59 Å². The molecule has 2 unspecified atom stereocenters. The monoisotopic (exact) mass is 294 g/mol. The van der Waals surface area contributed by atoms with E-state index in [-0.39, 0.29) is 18.1 Å². The van der Waals surface area contributed by atoms with E-state index in [0.29, 0.717) is 35.6 Å². The lowest BCUT2D eigenvalue weighted by molar-refractivity contribution is -0.0587. The van der Waals surface area contributed by atoms with Gasteiger partial charge in [0.15, 0.2) is 0 Å². The molecule has 0 saturated carbocycles. The van der Waals surface area contributed by atoms with Crippen LogP contribution in [0.4, 0.5) is 0 Å². The molecule has 6 heteroatoms. The maximum Gasteiger partial charge on any atom is 0.339 e. The second-order valence-electron chi connectivity index (χ2n) is 5.58. The van der Waals surface area contributed by atoms with Crippen molar-refractivity contribution in [3.05, 3.63) is 22.5 Å². The highest BCUT2D eigenvalue weighted by atomic mass is 16.5. The molecule has 0 radical (unpaired) electrons. The zero-order valence-electron chi connectivity index (χ0n) is 13.1. The van der Waals surface area contributed by atoms with E-state index in [1.165, 1.54) is 7.11 Å². The van der Waals surface area contributed by atoms with Gasteiger partial charge in [0.25, 0.3) is 5.91 Å². The highest BCUT2D eigenvalue weighted by molar-refractivity contribution is 6.00. The van der Waals surface area contributed by atoms with Crippen molar-refractivity contribution in [3.8, 4) is 0 Å². The summed E-state index contributed by atoms with van der Waals surface area (Å²) in [6.45, 7) is 8.52. The van der Waals surface area contributed by atoms with Crippen LogP contribution in [0, 0.1) is 13.8 Å². The van der Waals surface area contributed by atoms with Crippen molar-refractivity contribution in [2.75, 3.05) is 20.2 Å². The number of carbonyl (C=O) groups excluding carboxylic acids is 2. The predicted molar refractivity (Wildman–Crippen MR) is 77.5 cm³/mol. The number of nitrogens with one attached hydrogen (secondary N) is 1. The van der Waals surface area contributed by atoms with Crippen LogP contribution < -0.4 is 0 Å². The van der Waals surface area contributed by atoms with E-state index in [0.717, 1.165) is 0 Å². The van der Waals surface area contributed by atoms with E-state index >= 15 is 0 Å². The van der Waals surface area contributed by atoms with Crippen LogP contribution in [-0.2, 0) is 9.47 Å². The third-order valence-electron chi connectivity index (χ3n) is 3.75. The number of carbonyl (C=O) groups is 2. The normalized spacial score (nSPS) is 22.2. The molecule has 1 N–H and O–H groups in total. The molecule has 2 heterocycles. The van der Waals surface area contributed by atoms with Crippen LogP contribution in [-0.4, -0.2) is 54.2 Å². The molecule has 21 heavy (non-hydrogen) atoms. The number of ether oxygens (including phenoxy) is 2. The van der Waals surface area contributed by atoms with Crippen LogP contribution in [0.15, 0.2) is 0 Å². The topological polar surface area (TPSA) is 71.6 Å². The van der Waals surface area contributed by atoms with Gasteiger partial charge >= 0.3 is 5.97 Å². The van der Waals surface area contributed by atoms with Crippen molar-refractivity contribution in [1.82, 2.24) is 9.88 Å². The molecule has 0 spiro atoms. The summed E-state index contributed by atoms with van der Waals surface area (Å²) >= 11 is 0. The maximum atomic E-state index is 12.7. The van der Waals surface area contributed by atoms with Gasteiger partial charge in [-0.3, -0.25) is 4.79 Å². The summed E-state index contributed by atoms with van der Waals surface area (Å²) in [6, 6.07) is 0. The fourth-order valence-electron chi connectivity index (χ4n) is 2.87. The summed E-state index contributed by atoms with van der Waals surface area (Å²) in [5.41, 5.74) is 2.18. The minimum Gasteiger partial charge on any atom is -0.465 e. The fourth-order valence-corrected chi connectivity index (χ4v) is 2.87. The highest BCUT2D eigenvalue weighted by Gasteiger charge is 2.30. The number of amides is 1. The van der Waals surface area contributed by atoms with Crippen molar-refractivity contribution < 1.29 is 19.1 Å². The second kappa shape index (κ2) is 5.89. The number of aromatic amines is 1. The number of hydrogen-bond donors (Lipinski definition) is 1. The Morgan fingerprint density at radius 3 is 2.33 bits per heavy atom. The Kier molecular flexibility index (Phi) is 4.37. The lowest BCUT2D eigenvalue weighted by Gasteiger charge is -2.35. The quantitative estimate of drug-likeness (QED) is 0.842. The third-order valence-corrected chi connectivity index (χ3v) is 3.75. The molecular weight excluding hydrogens is 272 g/mol. The Hall–Kier alpha value is -1.82. The molecule has 2 atom stereocenters. The SMILES string of the molecule is COC(=O)c1c(C)[nH]c(C(=O)N2CC(C)OC(C)C2)c1C. The number of methoxy groups -OCH3 is 1. The molecule has 0 aromatic carbocycles. The molecule has 1 aromatic rings. The summed E-state index contributed by atoms with van der Waals surface area (Å²) in [7, 11) is 1.33. The number of nitrogens with zero attached hydrogens (tertiary/aromatic N) is 1. The second-order valence-corrected chi connectivity index (χ2v) is 5.58. The predicted octanol–water partition coefficient (Wildman–Crippen LogP) is 1.67. The van der Waals surface area contributed by atoms with E-state index in [1.807, 2.05) is 13.8 Å². The first-order valence-electron chi connectivity index (χ1n) is 7.07. The lowest BCUT2D eigenvalue weighted by atomic mass is 10.1. The van der Waals surface area contributed by atoms with E-state index in [4.69, 9.17) is 9.47 Å². The van der Waals surface area contributed by atoms with Gasteiger partial charge in [0.1, 0.15) is 5.69 Å². The van der Waals surface area contributed by atoms with Crippen molar-refractivity contribution in [3.63, 3.8) is 0 Å². The fraction of sp³-hybridized carbons (Fsp3) is 0.600. The number of H-pyrrole nitrogens is 1. The number of hydrogen-bond acceptors (Lipinski definition) is 4. The molecular formula is C15H22N2O4. The van der Waals surface area contributed by atoms with E-state index < -0.39 is 5.97 Å². The first-order valence-corrected chi connectivity index (χ1v) is 7.07. The van der Waals surface area contributed by atoms with E-state index in [2.05, 4.69) is 4.98 Å². The van der Waals surface area contributed by atoms with Gasteiger partial charge in [-0.05, 0) is 33.3 Å². The Balaban J connectivity index is 2.30. The van der Waals surface area contributed by atoms with Crippen LogP contribution in [0.25, 0.3) is 0 Å². The first-order chi connectivity index (χ1) is 9.85. The van der Waals surface area contributed by atoms with Crippen LogP contribution in [0.1, 0.15) is 46.0 Å². The summed E-state index contributed by atoms with van der Waals surface area (Å²) < 4.78 is 10.4. The van der Waals surface area contributed by atoms with Crippen molar-refractivity contribution in [1.29, 1.82) is 0 Å².